The molecule has 0 bridgehead atoms. The van der Waals surface area contributed by atoms with Crippen LogP contribution in [0.1, 0.15) is 33.6 Å². The second-order valence-electron chi connectivity index (χ2n) is 7.05. The summed E-state index contributed by atoms with van der Waals surface area (Å²) in [6.45, 7) is 19.3. The maximum atomic E-state index is 12.2. The molecule has 114 valence electrons. The quantitative estimate of drug-likeness (QED) is 0.552. The zero-order valence-corrected chi connectivity index (χ0v) is 14.6. The monoisotopic (exact) mass is 295 g/mol. The third-order valence-electron chi connectivity index (χ3n) is 4.51. The van der Waals surface area contributed by atoms with E-state index in [2.05, 4.69) is 47.0 Å². The molecule has 0 aromatic heterocycles. The Morgan fingerprint density at radius 2 is 1.95 bits per heavy atom. The van der Waals surface area contributed by atoms with Gasteiger partial charge in [0.05, 0.1) is 18.6 Å². The summed E-state index contributed by atoms with van der Waals surface area (Å²) in [5.41, 5.74) is 0. The second-order valence-corrected chi connectivity index (χ2v) is 11.8. The van der Waals surface area contributed by atoms with Crippen LogP contribution in [0, 0.1) is 0 Å². The van der Waals surface area contributed by atoms with Gasteiger partial charge < -0.3 is 9.33 Å². The van der Waals surface area contributed by atoms with Crippen molar-refractivity contribution in [1.82, 2.24) is 4.90 Å². The fourth-order valence-electron chi connectivity index (χ4n) is 2.31. The van der Waals surface area contributed by atoms with Gasteiger partial charge in [-0.25, -0.2) is 0 Å². The third kappa shape index (κ3) is 3.61. The molecule has 2 atom stereocenters. The first-order chi connectivity index (χ1) is 9.14. The van der Waals surface area contributed by atoms with Gasteiger partial charge in [0, 0.05) is 6.54 Å². The predicted octanol–water partition coefficient (Wildman–Crippen LogP) is 3.74. The molecule has 1 aliphatic rings. The van der Waals surface area contributed by atoms with Crippen molar-refractivity contribution in [3.8, 4) is 0 Å². The topological polar surface area (TPSA) is 29.5 Å². The number of hydrogen-bond acceptors (Lipinski definition) is 2. The highest BCUT2D eigenvalue weighted by Gasteiger charge is 2.45. The van der Waals surface area contributed by atoms with Crippen molar-refractivity contribution < 1.29 is 9.22 Å². The molecule has 1 rings (SSSR count). The smallest absolute Gasteiger partial charge is 0.225 e. The molecule has 20 heavy (non-hydrogen) atoms. The van der Waals surface area contributed by atoms with Crippen molar-refractivity contribution in [2.45, 2.75) is 63.9 Å². The number of hydrogen-bond donors (Lipinski definition) is 0. The summed E-state index contributed by atoms with van der Waals surface area (Å²) in [6, 6.07) is 0.104. The van der Waals surface area contributed by atoms with Gasteiger partial charge in [-0.1, -0.05) is 32.9 Å². The van der Waals surface area contributed by atoms with E-state index < -0.39 is 8.32 Å². The maximum absolute atomic E-state index is 12.2. The van der Waals surface area contributed by atoms with E-state index in [0.717, 1.165) is 6.42 Å². The fraction of sp³-hybridized carbons (Fsp3) is 0.688. The average Bonchev–Trinajstić information content (AvgIpc) is 2.56. The molecule has 0 spiro atoms. The molecule has 1 aliphatic heterocycles. The minimum atomic E-state index is -1.86. The Morgan fingerprint density at radius 1 is 1.35 bits per heavy atom. The summed E-state index contributed by atoms with van der Waals surface area (Å²) < 4.78 is 6.47. The van der Waals surface area contributed by atoms with Crippen LogP contribution in [0.5, 0.6) is 0 Å². The molecule has 0 radical (unpaired) electrons. The first-order valence-corrected chi connectivity index (χ1v) is 10.2. The van der Waals surface area contributed by atoms with Crippen molar-refractivity contribution in [2.75, 3.05) is 6.54 Å². The van der Waals surface area contributed by atoms with Gasteiger partial charge in [0.15, 0.2) is 8.32 Å². The molecular formula is C16H29NO2Si. The van der Waals surface area contributed by atoms with E-state index in [1.807, 2.05) is 11.0 Å². The van der Waals surface area contributed by atoms with Crippen LogP contribution in [0.25, 0.3) is 0 Å². The molecule has 0 aliphatic carbocycles. The van der Waals surface area contributed by atoms with E-state index in [1.165, 1.54) is 0 Å². The average molecular weight is 295 g/mol. The highest BCUT2D eigenvalue weighted by atomic mass is 28.4. The van der Waals surface area contributed by atoms with Crippen molar-refractivity contribution in [1.29, 1.82) is 0 Å². The van der Waals surface area contributed by atoms with Gasteiger partial charge in [-0.2, -0.15) is 0 Å². The molecule has 1 heterocycles. The van der Waals surface area contributed by atoms with Crippen LogP contribution in [0.3, 0.4) is 0 Å². The Hall–Kier alpha value is -0.873. The lowest BCUT2D eigenvalue weighted by atomic mass is 10.1. The largest absolute Gasteiger partial charge is 0.411 e. The summed E-state index contributed by atoms with van der Waals surface area (Å²) in [7, 11) is -1.86. The van der Waals surface area contributed by atoms with E-state index in [4.69, 9.17) is 4.43 Å². The normalized spacial score (nSPS) is 24.1. The number of carbonyl (C=O) groups is 1. The summed E-state index contributed by atoms with van der Waals surface area (Å²) in [5, 5.41) is 0.153. The number of nitrogens with zero attached hydrogens (tertiary/aromatic N) is 1. The van der Waals surface area contributed by atoms with E-state index in [1.54, 1.807) is 6.08 Å². The lowest BCUT2D eigenvalue weighted by molar-refractivity contribution is -0.128. The first-order valence-electron chi connectivity index (χ1n) is 7.33. The molecule has 0 aromatic carbocycles. The second kappa shape index (κ2) is 6.27. The van der Waals surface area contributed by atoms with Crippen molar-refractivity contribution in [3.05, 3.63) is 25.3 Å². The Balaban J connectivity index is 2.91. The molecule has 1 fully saturated rings. The van der Waals surface area contributed by atoms with Gasteiger partial charge in [-0.15, -0.1) is 13.2 Å². The SMILES string of the molecule is C=CC[C@H]1[C@@H](O[Si](C)(C)C(C)(C)C)CC(=O)N1CC=C. The van der Waals surface area contributed by atoms with Crippen LogP contribution in [-0.4, -0.2) is 37.8 Å². The minimum Gasteiger partial charge on any atom is -0.411 e. The van der Waals surface area contributed by atoms with Crippen molar-refractivity contribution in [2.24, 2.45) is 0 Å². The van der Waals surface area contributed by atoms with Crippen LogP contribution in [0.4, 0.5) is 0 Å². The number of amides is 1. The molecule has 0 unspecified atom stereocenters. The Kier molecular flexibility index (Phi) is 5.38. The maximum Gasteiger partial charge on any atom is 0.225 e. The summed E-state index contributed by atoms with van der Waals surface area (Å²) in [6.07, 6.45) is 4.91. The predicted molar refractivity (Wildman–Crippen MR) is 87.2 cm³/mol. The molecule has 1 saturated heterocycles. The van der Waals surface area contributed by atoms with Crippen molar-refractivity contribution in [3.63, 3.8) is 0 Å². The lowest BCUT2D eigenvalue weighted by Crippen LogP contribution is -2.47. The van der Waals surface area contributed by atoms with Crippen LogP contribution in [0.2, 0.25) is 18.1 Å². The van der Waals surface area contributed by atoms with Gasteiger partial charge in [0.1, 0.15) is 0 Å². The van der Waals surface area contributed by atoms with Crippen LogP contribution < -0.4 is 0 Å². The number of likely N-dealkylation sites (tertiary alicyclic amines) is 1. The van der Waals surface area contributed by atoms with Gasteiger partial charge in [-0.3, -0.25) is 4.79 Å². The molecular weight excluding hydrogens is 266 g/mol. The lowest BCUT2D eigenvalue weighted by Gasteiger charge is -2.40. The molecule has 1 amide bonds. The highest BCUT2D eigenvalue weighted by molar-refractivity contribution is 6.74. The zero-order chi connectivity index (χ0) is 15.6. The number of rotatable bonds is 6. The Bertz CT molecular complexity index is 384. The molecule has 0 N–H and O–H groups in total. The Labute approximate surface area is 124 Å². The first kappa shape index (κ1) is 17.2. The van der Waals surface area contributed by atoms with Crippen LogP contribution in [0.15, 0.2) is 25.3 Å². The molecule has 3 nitrogen and oxygen atoms in total. The van der Waals surface area contributed by atoms with E-state index >= 15 is 0 Å². The number of carbonyl (C=O) groups excluding carboxylic acids is 1. The standard InChI is InChI=1S/C16H29NO2Si/c1-8-10-13-14(12-15(18)17(13)11-9-2)19-20(6,7)16(3,4)5/h8-9,13-14H,1-2,10-12H2,3-7H3/t13-,14-/m0/s1. The van der Waals surface area contributed by atoms with E-state index in [0.29, 0.717) is 13.0 Å². The molecule has 0 saturated carbocycles. The van der Waals surface area contributed by atoms with Gasteiger partial charge in [0.25, 0.3) is 0 Å². The summed E-state index contributed by atoms with van der Waals surface area (Å²) in [5.74, 6) is 0.167. The molecule has 4 heteroatoms. The van der Waals surface area contributed by atoms with Crippen LogP contribution >= 0.6 is 0 Å². The Morgan fingerprint density at radius 3 is 2.40 bits per heavy atom. The zero-order valence-electron chi connectivity index (χ0n) is 13.6. The third-order valence-corrected chi connectivity index (χ3v) is 9.02. The van der Waals surface area contributed by atoms with E-state index in [-0.39, 0.29) is 23.1 Å². The summed E-state index contributed by atoms with van der Waals surface area (Å²) in [4.78, 5) is 14.1. The minimum absolute atomic E-state index is 0.0126. The van der Waals surface area contributed by atoms with E-state index in [9.17, 15) is 4.79 Å². The summed E-state index contributed by atoms with van der Waals surface area (Å²) >= 11 is 0. The van der Waals surface area contributed by atoms with Gasteiger partial charge in [0.2, 0.25) is 5.91 Å². The highest BCUT2D eigenvalue weighted by Crippen LogP contribution is 2.39. The van der Waals surface area contributed by atoms with Gasteiger partial charge >= 0.3 is 0 Å². The van der Waals surface area contributed by atoms with Crippen molar-refractivity contribution >= 4 is 14.2 Å². The fourth-order valence-corrected chi connectivity index (χ4v) is 3.66. The van der Waals surface area contributed by atoms with Crippen LogP contribution in [-0.2, 0) is 9.22 Å². The van der Waals surface area contributed by atoms with Gasteiger partial charge in [-0.05, 0) is 24.6 Å². The molecule has 0 aromatic rings.